The maximum atomic E-state index is 11.7. The molecular weight excluding hydrogens is 518 g/mol. The van der Waals surface area contributed by atoms with Crippen molar-refractivity contribution in [1.82, 2.24) is 4.57 Å². The predicted molar refractivity (Wildman–Crippen MR) is 162 cm³/mol. The van der Waals surface area contributed by atoms with Crippen molar-refractivity contribution in [2.45, 2.75) is 39.7 Å². The standard InChI is InChI=1S/C34H35NO6/c1-24-8-5-10-29(22-24)41-21-4-3-20-40-28-18-15-26(16-19-28)14-17-27-9-6-12-31-30(11-7-13-32(36)37)25(2)35(34(27)31)23-33(38)39/h3-6,8-10,12,14-19,22H,7,11,13,20-21,23H2,1-2H3,(H,36,37)(H,38,39)/b4-3+,17-14?. The SMILES string of the molecule is Cc1cccc(OC/C=C/COc2ccc(C=Cc3cccc4c(CCCC(=O)O)c(C)n(CC(=O)O)c34)cc2)c1. The third kappa shape index (κ3) is 8.11. The fraction of sp³-hybridized carbons (Fsp3) is 0.235. The van der Waals surface area contributed by atoms with Gasteiger partial charge >= 0.3 is 11.9 Å². The number of nitrogens with zero attached hydrogens (tertiary/aromatic N) is 1. The zero-order valence-electron chi connectivity index (χ0n) is 23.4. The van der Waals surface area contributed by atoms with Gasteiger partial charge in [0.15, 0.2) is 0 Å². The van der Waals surface area contributed by atoms with Gasteiger partial charge in [-0.15, -0.1) is 0 Å². The molecule has 3 aromatic carbocycles. The molecule has 0 aliphatic heterocycles. The monoisotopic (exact) mass is 553 g/mol. The number of fused-ring (bicyclic) bond motifs is 1. The molecule has 0 amide bonds. The van der Waals surface area contributed by atoms with Gasteiger partial charge in [0.1, 0.15) is 31.3 Å². The molecule has 212 valence electrons. The zero-order chi connectivity index (χ0) is 29.2. The lowest BCUT2D eigenvalue weighted by Gasteiger charge is -2.08. The first-order valence-corrected chi connectivity index (χ1v) is 13.6. The van der Waals surface area contributed by atoms with Crippen molar-refractivity contribution < 1.29 is 29.3 Å². The van der Waals surface area contributed by atoms with Gasteiger partial charge in [-0.3, -0.25) is 9.59 Å². The summed E-state index contributed by atoms with van der Waals surface area (Å²) in [6.45, 7) is 4.68. The lowest BCUT2D eigenvalue weighted by molar-refractivity contribution is -0.138. The van der Waals surface area contributed by atoms with Crippen molar-refractivity contribution in [3.8, 4) is 11.5 Å². The second-order valence-electron chi connectivity index (χ2n) is 9.85. The van der Waals surface area contributed by atoms with Crippen LogP contribution >= 0.6 is 0 Å². The van der Waals surface area contributed by atoms with Gasteiger partial charge in [0.05, 0.1) is 5.52 Å². The van der Waals surface area contributed by atoms with Gasteiger partial charge in [-0.1, -0.05) is 54.6 Å². The van der Waals surface area contributed by atoms with Crippen molar-refractivity contribution in [2.75, 3.05) is 13.2 Å². The van der Waals surface area contributed by atoms with E-state index >= 15 is 0 Å². The Labute approximate surface area is 240 Å². The van der Waals surface area contributed by atoms with Crippen LogP contribution in [0.1, 0.15) is 40.8 Å². The lowest BCUT2D eigenvalue weighted by Crippen LogP contribution is -2.10. The number of hydrogen-bond acceptors (Lipinski definition) is 4. The highest BCUT2D eigenvalue weighted by Gasteiger charge is 2.18. The van der Waals surface area contributed by atoms with Crippen LogP contribution < -0.4 is 9.47 Å². The molecule has 2 N–H and O–H groups in total. The summed E-state index contributed by atoms with van der Waals surface area (Å²) in [5, 5.41) is 19.6. The van der Waals surface area contributed by atoms with Gasteiger partial charge in [-0.25, -0.2) is 0 Å². The molecule has 0 saturated heterocycles. The van der Waals surface area contributed by atoms with Gasteiger partial charge in [0, 0.05) is 17.5 Å². The smallest absolute Gasteiger partial charge is 0.323 e. The first kappa shape index (κ1) is 29.2. The van der Waals surface area contributed by atoms with Crippen LogP contribution in [0.5, 0.6) is 11.5 Å². The molecule has 4 rings (SSSR count). The van der Waals surface area contributed by atoms with Crippen LogP contribution in [0.4, 0.5) is 0 Å². The topological polar surface area (TPSA) is 98.0 Å². The Bertz CT molecular complexity index is 1560. The second-order valence-corrected chi connectivity index (χ2v) is 9.85. The number of rotatable bonds is 14. The quantitative estimate of drug-likeness (QED) is 0.130. The van der Waals surface area contributed by atoms with Crippen LogP contribution in [0.3, 0.4) is 0 Å². The fourth-order valence-electron chi connectivity index (χ4n) is 4.82. The van der Waals surface area contributed by atoms with E-state index in [4.69, 9.17) is 14.6 Å². The van der Waals surface area contributed by atoms with E-state index in [1.54, 1.807) is 0 Å². The third-order valence-corrected chi connectivity index (χ3v) is 6.80. The van der Waals surface area contributed by atoms with Crippen molar-refractivity contribution in [3.63, 3.8) is 0 Å². The summed E-state index contributed by atoms with van der Waals surface area (Å²) in [6.07, 6.45) is 8.96. The molecule has 1 heterocycles. The summed E-state index contributed by atoms with van der Waals surface area (Å²) in [5.41, 5.74) is 5.72. The Morgan fingerprint density at radius 2 is 1.54 bits per heavy atom. The maximum absolute atomic E-state index is 11.7. The van der Waals surface area contributed by atoms with Crippen LogP contribution in [-0.2, 0) is 22.6 Å². The molecule has 0 bridgehead atoms. The molecule has 7 nitrogen and oxygen atoms in total. The Morgan fingerprint density at radius 3 is 2.22 bits per heavy atom. The normalized spacial score (nSPS) is 11.5. The average Bonchev–Trinajstić information content (AvgIpc) is 3.20. The molecule has 0 aliphatic rings. The van der Waals surface area contributed by atoms with Gasteiger partial charge in [0.2, 0.25) is 0 Å². The molecule has 0 atom stereocenters. The number of carboxylic acid groups (broad SMARTS) is 2. The van der Waals surface area contributed by atoms with Crippen LogP contribution in [-0.4, -0.2) is 39.9 Å². The first-order valence-electron chi connectivity index (χ1n) is 13.6. The summed E-state index contributed by atoms with van der Waals surface area (Å²) in [5.74, 6) is -0.163. The summed E-state index contributed by atoms with van der Waals surface area (Å²) in [6, 6.07) is 21.6. The van der Waals surface area contributed by atoms with Crippen LogP contribution in [0.15, 0.2) is 78.9 Å². The number of hydrogen-bond donors (Lipinski definition) is 2. The number of carbonyl (C=O) groups is 2. The minimum Gasteiger partial charge on any atom is -0.490 e. The number of benzene rings is 3. The van der Waals surface area contributed by atoms with Crippen molar-refractivity contribution in [1.29, 1.82) is 0 Å². The zero-order valence-corrected chi connectivity index (χ0v) is 23.4. The minimum absolute atomic E-state index is 0.0725. The molecule has 41 heavy (non-hydrogen) atoms. The van der Waals surface area contributed by atoms with E-state index < -0.39 is 11.9 Å². The van der Waals surface area contributed by atoms with E-state index in [0.29, 0.717) is 26.1 Å². The van der Waals surface area contributed by atoms with E-state index in [2.05, 4.69) is 0 Å². The second kappa shape index (κ2) is 14.0. The number of aromatic nitrogens is 1. The van der Waals surface area contributed by atoms with E-state index in [1.165, 1.54) is 0 Å². The van der Waals surface area contributed by atoms with Crippen LogP contribution in [0.25, 0.3) is 23.1 Å². The Morgan fingerprint density at radius 1 is 0.829 bits per heavy atom. The number of carboxylic acids is 2. The third-order valence-electron chi connectivity index (χ3n) is 6.80. The van der Waals surface area contributed by atoms with Gasteiger partial charge in [-0.05, 0) is 85.4 Å². The number of aliphatic carboxylic acids is 2. The minimum atomic E-state index is -0.926. The first-order chi connectivity index (χ1) is 19.8. The summed E-state index contributed by atoms with van der Waals surface area (Å²) in [4.78, 5) is 22.7. The molecule has 7 heteroatoms. The molecule has 1 aromatic heterocycles. The molecular formula is C34H35NO6. The predicted octanol–water partition coefficient (Wildman–Crippen LogP) is 6.93. The molecule has 0 unspecified atom stereocenters. The van der Waals surface area contributed by atoms with E-state index in [-0.39, 0.29) is 13.0 Å². The maximum Gasteiger partial charge on any atom is 0.323 e. The number of para-hydroxylation sites is 1. The van der Waals surface area contributed by atoms with Crippen molar-refractivity contribution >= 4 is 35.0 Å². The largest absolute Gasteiger partial charge is 0.490 e. The highest BCUT2D eigenvalue weighted by molar-refractivity contribution is 5.95. The Hall–Kier alpha value is -4.78. The molecule has 0 radical (unpaired) electrons. The van der Waals surface area contributed by atoms with Gasteiger partial charge in [0.25, 0.3) is 0 Å². The summed E-state index contributed by atoms with van der Waals surface area (Å²) in [7, 11) is 0. The summed E-state index contributed by atoms with van der Waals surface area (Å²) >= 11 is 0. The van der Waals surface area contributed by atoms with Crippen LogP contribution in [0.2, 0.25) is 0 Å². The molecule has 0 saturated carbocycles. The van der Waals surface area contributed by atoms with Gasteiger partial charge < -0.3 is 24.3 Å². The molecule has 0 spiro atoms. The van der Waals surface area contributed by atoms with E-state index in [1.807, 2.05) is 109 Å². The fourth-order valence-corrected chi connectivity index (χ4v) is 4.82. The van der Waals surface area contributed by atoms with E-state index in [9.17, 15) is 14.7 Å². The molecule has 4 aromatic rings. The van der Waals surface area contributed by atoms with Crippen LogP contribution in [0, 0.1) is 13.8 Å². The highest BCUT2D eigenvalue weighted by Crippen LogP contribution is 2.31. The van der Waals surface area contributed by atoms with Crippen molar-refractivity contribution in [3.05, 3.63) is 107 Å². The molecule has 0 aliphatic carbocycles. The lowest BCUT2D eigenvalue weighted by atomic mass is 10.0. The van der Waals surface area contributed by atoms with Crippen molar-refractivity contribution in [2.24, 2.45) is 0 Å². The average molecular weight is 554 g/mol. The Kier molecular flexibility index (Phi) is 9.99. The highest BCUT2D eigenvalue weighted by atomic mass is 16.5. The Balaban J connectivity index is 1.41. The van der Waals surface area contributed by atoms with Gasteiger partial charge in [-0.2, -0.15) is 0 Å². The van der Waals surface area contributed by atoms with E-state index in [0.717, 1.165) is 50.3 Å². The summed E-state index contributed by atoms with van der Waals surface area (Å²) < 4.78 is 13.3. The number of ether oxygens (including phenoxy) is 2. The number of aryl methyl sites for hydroxylation is 2. The molecule has 0 fully saturated rings.